The Morgan fingerprint density at radius 2 is 1.45 bits per heavy atom. The average Bonchev–Trinajstić information content (AvgIpc) is 3.21. The van der Waals surface area contributed by atoms with Gasteiger partial charge in [-0.15, -0.1) is 0 Å². The molecule has 0 N–H and O–H groups in total. The van der Waals surface area contributed by atoms with Crippen molar-refractivity contribution in [2.45, 2.75) is 13.3 Å². The van der Waals surface area contributed by atoms with Crippen molar-refractivity contribution in [1.82, 2.24) is 4.57 Å². The number of methoxy groups -OCH3 is 1. The maximum atomic E-state index is 13.8. The lowest BCUT2D eigenvalue weighted by molar-refractivity contribution is -0.153. The number of fused-ring (bicyclic) bond motifs is 1. The maximum absolute atomic E-state index is 13.8. The van der Waals surface area contributed by atoms with Crippen molar-refractivity contribution >= 4 is 40.3 Å². The van der Waals surface area contributed by atoms with Crippen LogP contribution in [0.2, 0.25) is 5.02 Å². The Labute approximate surface area is 227 Å². The fourth-order valence-corrected chi connectivity index (χ4v) is 4.07. The Hall–Kier alpha value is -4.45. The van der Waals surface area contributed by atoms with Gasteiger partial charge in [0, 0.05) is 21.7 Å². The number of carbonyl (C=O) groups is 3. The SMILES string of the molecule is COc1ccc2c(c1)c(CC(=O)OCC(=O)Oc1c(F)c(F)c(F)c(F)c1F)c(C)n2C(=O)c1ccc(Cl)cc1. The molecule has 1 heterocycles. The van der Waals surface area contributed by atoms with E-state index in [-0.39, 0.29) is 0 Å². The van der Waals surface area contributed by atoms with Crippen molar-refractivity contribution in [2.75, 3.05) is 13.7 Å². The van der Waals surface area contributed by atoms with Crippen molar-refractivity contribution in [2.24, 2.45) is 0 Å². The van der Waals surface area contributed by atoms with E-state index in [4.69, 9.17) is 21.1 Å². The molecule has 208 valence electrons. The van der Waals surface area contributed by atoms with Gasteiger partial charge in [-0.25, -0.2) is 18.0 Å². The standard InChI is InChI=1S/C27H17ClF5NO6/c1-12-16(10-19(35)39-11-20(36)40-26-24(32)22(30)21(29)23(31)25(26)33)17-9-15(38-2)7-8-18(17)34(12)27(37)13-3-5-14(28)6-4-13/h3-9H,10-11H2,1-2H3. The summed E-state index contributed by atoms with van der Waals surface area (Å²) in [4.78, 5) is 37.9. The van der Waals surface area contributed by atoms with E-state index >= 15 is 0 Å². The van der Waals surface area contributed by atoms with Crippen LogP contribution in [0.15, 0.2) is 42.5 Å². The van der Waals surface area contributed by atoms with Gasteiger partial charge in [0.25, 0.3) is 5.91 Å². The molecule has 0 radical (unpaired) electrons. The zero-order valence-electron chi connectivity index (χ0n) is 20.6. The number of ether oxygens (including phenoxy) is 3. The van der Waals surface area contributed by atoms with Crippen LogP contribution in [0.5, 0.6) is 11.5 Å². The monoisotopic (exact) mass is 581 g/mol. The van der Waals surface area contributed by atoms with Gasteiger partial charge < -0.3 is 14.2 Å². The Bertz CT molecular complexity index is 1640. The minimum Gasteiger partial charge on any atom is -0.497 e. The molecule has 4 rings (SSSR count). The molecule has 0 atom stereocenters. The first-order valence-electron chi connectivity index (χ1n) is 11.3. The normalized spacial score (nSPS) is 11.0. The molecule has 0 aliphatic heterocycles. The van der Waals surface area contributed by atoms with Gasteiger partial charge in [-0.3, -0.25) is 14.2 Å². The second-order valence-electron chi connectivity index (χ2n) is 8.31. The Balaban J connectivity index is 1.57. The molecule has 40 heavy (non-hydrogen) atoms. The van der Waals surface area contributed by atoms with Gasteiger partial charge in [-0.05, 0) is 55.0 Å². The molecule has 0 unspecified atom stereocenters. The van der Waals surface area contributed by atoms with Crippen LogP contribution in [0.4, 0.5) is 22.0 Å². The van der Waals surface area contributed by atoms with Crippen LogP contribution in [-0.2, 0) is 20.7 Å². The number of hydrogen-bond acceptors (Lipinski definition) is 6. The quantitative estimate of drug-likeness (QED) is 0.0917. The van der Waals surface area contributed by atoms with E-state index in [1.165, 1.54) is 23.8 Å². The molecular formula is C27H17ClF5NO6. The van der Waals surface area contributed by atoms with Gasteiger partial charge >= 0.3 is 11.9 Å². The molecular weight excluding hydrogens is 565 g/mol. The van der Waals surface area contributed by atoms with E-state index in [0.29, 0.717) is 38.5 Å². The molecule has 0 bridgehead atoms. The highest BCUT2D eigenvalue weighted by molar-refractivity contribution is 6.30. The lowest BCUT2D eigenvalue weighted by Crippen LogP contribution is -2.21. The average molecular weight is 582 g/mol. The van der Waals surface area contributed by atoms with E-state index < -0.39 is 65.7 Å². The third kappa shape index (κ3) is 5.34. The molecule has 0 spiro atoms. The van der Waals surface area contributed by atoms with Crippen LogP contribution in [0.3, 0.4) is 0 Å². The lowest BCUT2D eigenvalue weighted by atomic mass is 10.1. The molecule has 7 nitrogen and oxygen atoms in total. The predicted molar refractivity (Wildman–Crippen MR) is 131 cm³/mol. The molecule has 0 saturated heterocycles. The van der Waals surface area contributed by atoms with Crippen LogP contribution in [0.25, 0.3) is 10.9 Å². The number of aromatic nitrogens is 1. The number of nitrogens with zero attached hydrogens (tertiary/aromatic N) is 1. The zero-order chi connectivity index (χ0) is 29.3. The Morgan fingerprint density at radius 3 is 2.05 bits per heavy atom. The summed E-state index contributed by atoms with van der Waals surface area (Å²) in [5, 5.41) is 0.887. The highest BCUT2D eigenvalue weighted by atomic mass is 35.5. The van der Waals surface area contributed by atoms with Crippen LogP contribution < -0.4 is 9.47 Å². The van der Waals surface area contributed by atoms with E-state index in [0.717, 1.165) is 0 Å². The Kier molecular flexibility index (Phi) is 8.10. The second kappa shape index (κ2) is 11.3. The first kappa shape index (κ1) is 28.6. The summed E-state index contributed by atoms with van der Waals surface area (Å²) in [5.74, 6) is -16.2. The summed E-state index contributed by atoms with van der Waals surface area (Å²) in [6.45, 7) is 0.378. The van der Waals surface area contributed by atoms with Crippen LogP contribution >= 0.6 is 11.6 Å². The first-order valence-corrected chi connectivity index (χ1v) is 11.7. The molecule has 0 aliphatic carbocycles. The third-order valence-corrected chi connectivity index (χ3v) is 6.15. The van der Waals surface area contributed by atoms with E-state index in [1.54, 1.807) is 37.3 Å². The summed E-state index contributed by atoms with van der Waals surface area (Å²) in [5.41, 5.74) is 1.45. The van der Waals surface area contributed by atoms with E-state index in [1.807, 2.05) is 0 Å². The molecule has 0 amide bonds. The molecule has 0 saturated carbocycles. The molecule has 0 aliphatic rings. The smallest absolute Gasteiger partial charge is 0.349 e. The van der Waals surface area contributed by atoms with Gasteiger partial charge in [-0.2, -0.15) is 8.78 Å². The van der Waals surface area contributed by atoms with Crippen molar-refractivity contribution in [3.63, 3.8) is 0 Å². The van der Waals surface area contributed by atoms with Crippen molar-refractivity contribution in [3.05, 3.63) is 93.4 Å². The minimum absolute atomic E-state index is 0.310. The molecule has 1 aromatic heterocycles. The van der Waals surface area contributed by atoms with Crippen LogP contribution in [0.1, 0.15) is 21.6 Å². The van der Waals surface area contributed by atoms with Crippen molar-refractivity contribution in [3.8, 4) is 11.5 Å². The number of esters is 2. The minimum atomic E-state index is -2.43. The molecule has 4 aromatic rings. The number of halogens is 6. The molecule has 13 heteroatoms. The summed E-state index contributed by atoms with van der Waals surface area (Å²) in [6, 6.07) is 11.0. The van der Waals surface area contributed by atoms with Crippen LogP contribution in [0, 0.1) is 36.0 Å². The first-order chi connectivity index (χ1) is 18.9. The fourth-order valence-electron chi connectivity index (χ4n) is 3.95. The Morgan fingerprint density at radius 1 is 0.850 bits per heavy atom. The van der Waals surface area contributed by atoms with Crippen LogP contribution in [-0.4, -0.2) is 36.1 Å². The highest BCUT2D eigenvalue weighted by Crippen LogP contribution is 2.32. The van der Waals surface area contributed by atoms with Crippen molar-refractivity contribution in [1.29, 1.82) is 0 Å². The van der Waals surface area contributed by atoms with Crippen molar-refractivity contribution < 1.29 is 50.5 Å². The molecule has 0 fully saturated rings. The second-order valence-corrected chi connectivity index (χ2v) is 8.74. The predicted octanol–water partition coefficient (Wildman–Crippen LogP) is 5.69. The third-order valence-electron chi connectivity index (χ3n) is 5.89. The fraction of sp³-hybridized carbons (Fsp3) is 0.148. The number of benzene rings is 3. The topological polar surface area (TPSA) is 83.8 Å². The molecule has 3 aromatic carbocycles. The van der Waals surface area contributed by atoms with E-state index in [9.17, 15) is 36.3 Å². The van der Waals surface area contributed by atoms with Gasteiger partial charge in [0.15, 0.2) is 6.61 Å². The highest BCUT2D eigenvalue weighted by Gasteiger charge is 2.29. The van der Waals surface area contributed by atoms with E-state index in [2.05, 4.69) is 4.74 Å². The zero-order valence-corrected chi connectivity index (χ0v) is 21.4. The largest absolute Gasteiger partial charge is 0.497 e. The number of rotatable bonds is 7. The summed E-state index contributed by atoms with van der Waals surface area (Å²) >= 11 is 5.91. The van der Waals surface area contributed by atoms with Gasteiger partial charge in [0.2, 0.25) is 34.8 Å². The summed E-state index contributed by atoms with van der Waals surface area (Å²) in [6.07, 6.45) is -0.466. The number of hydrogen-bond donors (Lipinski definition) is 0. The number of carbonyl (C=O) groups excluding carboxylic acids is 3. The van der Waals surface area contributed by atoms with Gasteiger partial charge in [0.05, 0.1) is 19.0 Å². The van der Waals surface area contributed by atoms with Gasteiger partial charge in [-0.1, -0.05) is 11.6 Å². The maximum Gasteiger partial charge on any atom is 0.349 e. The van der Waals surface area contributed by atoms with Gasteiger partial charge in [0.1, 0.15) is 5.75 Å². The summed E-state index contributed by atoms with van der Waals surface area (Å²) in [7, 11) is 1.42. The summed E-state index contributed by atoms with van der Waals surface area (Å²) < 4.78 is 83.0. The lowest BCUT2D eigenvalue weighted by Gasteiger charge is -2.10.